The fraction of sp³-hybridized carbons (Fsp3) is 0.421. The second kappa shape index (κ2) is 5.73. The number of aromatic nitrogens is 1. The Kier molecular flexibility index (Phi) is 3.54. The standard InChI is InChI=1S/C19H14BrNO5S2/c20-5-1-2-9-6(3-5)10-11-7-4-8(12(17(22)23)13(7)18(24)26-9)14(11)27-16-15(10)28-19(25)21-16/h1-3,7-8,10-14H,4H2,(H,21,25)(H,22,23)/t7-,8-,10+,11-,12-,13+,14+/m1/s1. The van der Waals surface area contributed by atoms with Crippen molar-refractivity contribution in [1.29, 1.82) is 0 Å². The van der Waals surface area contributed by atoms with Crippen molar-refractivity contribution in [1.82, 2.24) is 4.98 Å². The minimum atomic E-state index is -0.925. The van der Waals surface area contributed by atoms with Gasteiger partial charge in [-0.05, 0) is 42.4 Å². The number of fused-ring (bicyclic) bond motifs is 6. The molecular weight excluding hydrogens is 466 g/mol. The molecule has 0 spiro atoms. The average molecular weight is 480 g/mol. The molecule has 1 aromatic heterocycles. The first-order chi connectivity index (χ1) is 13.4. The van der Waals surface area contributed by atoms with Gasteiger partial charge < -0.3 is 14.8 Å². The van der Waals surface area contributed by atoms with E-state index in [9.17, 15) is 19.5 Å². The summed E-state index contributed by atoms with van der Waals surface area (Å²) < 4.78 is 6.63. The highest BCUT2D eigenvalue weighted by atomic mass is 79.9. The summed E-state index contributed by atoms with van der Waals surface area (Å²) in [6.45, 7) is 0. The molecule has 4 aliphatic rings. The molecule has 144 valence electrons. The summed E-state index contributed by atoms with van der Waals surface area (Å²) in [6.07, 6.45) is 0.720. The zero-order chi connectivity index (χ0) is 19.3. The second-order valence-electron chi connectivity index (χ2n) is 7.90. The molecule has 1 aromatic carbocycles. The number of hydrogen-bond acceptors (Lipinski definition) is 6. The highest BCUT2D eigenvalue weighted by Crippen LogP contribution is 2.68. The van der Waals surface area contributed by atoms with E-state index < -0.39 is 23.8 Å². The number of thiazole rings is 1. The van der Waals surface area contributed by atoms with Gasteiger partial charge in [-0.3, -0.25) is 14.4 Å². The number of aromatic amines is 1. The van der Waals surface area contributed by atoms with Crippen LogP contribution in [0.5, 0.6) is 5.75 Å². The fourth-order valence-corrected chi connectivity index (χ4v) is 9.23. The minimum Gasteiger partial charge on any atom is -0.481 e. The van der Waals surface area contributed by atoms with Crippen LogP contribution in [0.1, 0.15) is 22.8 Å². The van der Waals surface area contributed by atoms with E-state index in [-0.39, 0.29) is 33.8 Å². The van der Waals surface area contributed by atoms with E-state index >= 15 is 0 Å². The lowest BCUT2D eigenvalue weighted by atomic mass is 9.66. The zero-order valence-corrected chi connectivity index (χ0v) is 17.5. The minimum absolute atomic E-state index is 0.0430. The Morgan fingerprint density at radius 3 is 2.89 bits per heavy atom. The van der Waals surface area contributed by atoms with Crippen molar-refractivity contribution in [2.45, 2.75) is 22.6 Å². The molecular formula is C19H14BrNO5S2. The first kappa shape index (κ1) is 17.3. The van der Waals surface area contributed by atoms with Gasteiger partial charge in [-0.1, -0.05) is 27.3 Å². The molecule has 2 saturated carbocycles. The number of hydrogen-bond donors (Lipinski definition) is 2. The van der Waals surface area contributed by atoms with Gasteiger partial charge in [0.15, 0.2) is 0 Å². The molecule has 3 heterocycles. The first-order valence-electron chi connectivity index (χ1n) is 9.07. The average Bonchev–Trinajstić information content (AvgIpc) is 3.30. The van der Waals surface area contributed by atoms with Crippen LogP contribution in [0.4, 0.5) is 0 Å². The largest absolute Gasteiger partial charge is 0.481 e. The summed E-state index contributed by atoms with van der Waals surface area (Å²) in [5.74, 6) is -2.33. The maximum atomic E-state index is 13.0. The van der Waals surface area contributed by atoms with Gasteiger partial charge in [-0.25, -0.2) is 0 Å². The third-order valence-corrected chi connectivity index (χ3v) is 9.87. The summed E-state index contributed by atoms with van der Waals surface area (Å²) in [6, 6.07) is 5.54. The Morgan fingerprint density at radius 2 is 2.11 bits per heavy atom. The number of carbonyl (C=O) groups excluding carboxylic acids is 1. The molecule has 2 aliphatic heterocycles. The lowest BCUT2D eigenvalue weighted by molar-refractivity contribution is -0.156. The molecule has 7 atom stereocenters. The molecule has 28 heavy (non-hydrogen) atoms. The highest BCUT2D eigenvalue weighted by Gasteiger charge is 2.67. The number of carboxylic acid groups (broad SMARTS) is 1. The van der Waals surface area contributed by atoms with Gasteiger partial charge in [-0.15, -0.1) is 11.8 Å². The van der Waals surface area contributed by atoms with Crippen LogP contribution in [0.25, 0.3) is 0 Å². The summed E-state index contributed by atoms with van der Waals surface area (Å²) in [5.41, 5.74) is 0.896. The summed E-state index contributed by atoms with van der Waals surface area (Å²) in [4.78, 5) is 41.0. The van der Waals surface area contributed by atoms with Crippen LogP contribution < -0.4 is 9.61 Å². The van der Waals surface area contributed by atoms with Crippen molar-refractivity contribution in [2.24, 2.45) is 29.6 Å². The molecule has 6 rings (SSSR count). The van der Waals surface area contributed by atoms with Crippen LogP contribution in [0.2, 0.25) is 0 Å². The molecule has 2 bridgehead atoms. The topological polar surface area (TPSA) is 96.5 Å². The van der Waals surface area contributed by atoms with Crippen molar-refractivity contribution in [3.63, 3.8) is 0 Å². The van der Waals surface area contributed by atoms with Crippen molar-refractivity contribution in [2.75, 3.05) is 0 Å². The van der Waals surface area contributed by atoms with Gasteiger partial charge in [0.25, 0.3) is 0 Å². The van der Waals surface area contributed by atoms with E-state index in [0.29, 0.717) is 5.75 Å². The Balaban J connectivity index is 1.64. The van der Waals surface area contributed by atoms with E-state index in [0.717, 1.165) is 26.4 Å². The third kappa shape index (κ3) is 2.12. The SMILES string of the molecule is O=C(O)[C@@H]1[C@H]2C[C@H]3[C@@H]1C(=O)Oc1ccc(Br)cc1[C@@H]1c4sc(=O)[nH]c4S[C@@H]2[C@@H]13. The summed E-state index contributed by atoms with van der Waals surface area (Å²) >= 11 is 6.33. The van der Waals surface area contributed by atoms with Crippen LogP contribution in [0.15, 0.2) is 32.5 Å². The zero-order valence-electron chi connectivity index (χ0n) is 14.3. The van der Waals surface area contributed by atoms with Crippen LogP contribution >= 0.6 is 39.0 Å². The Morgan fingerprint density at radius 1 is 1.29 bits per heavy atom. The van der Waals surface area contributed by atoms with Gasteiger partial charge in [-0.2, -0.15) is 0 Å². The van der Waals surface area contributed by atoms with E-state index in [1.165, 1.54) is 11.3 Å². The van der Waals surface area contributed by atoms with Crippen molar-refractivity contribution in [3.8, 4) is 5.75 Å². The number of ether oxygens (including phenoxy) is 1. The quantitative estimate of drug-likeness (QED) is 0.481. The van der Waals surface area contributed by atoms with E-state index in [2.05, 4.69) is 20.9 Å². The highest BCUT2D eigenvalue weighted by molar-refractivity contribution is 9.10. The van der Waals surface area contributed by atoms with Crippen LogP contribution in [0.3, 0.4) is 0 Å². The lowest BCUT2D eigenvalue weighted by Crippen LogP contribution is -2.49. The Labute approximate surface area is 175 Å². The molecule has 0 unspecified atom stereocenters. The molecule has 0 amide bonds. The number of rotatable bonds is 1. The summed E-state index contributed by atoms with van der Waals surface area (Å²) in [7, 11) is 0. The normalized spacial score (nSPS) is 36.9. The Bertz CT molecular complexity index is 1110. The van der Waals surface area contributed by atoms with Gasteiger partial charge >= 0.3 is 16.8 Å². The van der Waals surface area contributed by atoms with Gasteiger partial charge in [0.2, 0.25) is 0 Å². The van der Waals surface area contributed by atoms with Crippen LogP contribution in [-0.2, 0) is 9.59 Å². The molecule has 9 heteroatoms. The molecule has 2 aliphatic carbocycles. The van der Waals surface area contributed by atoms with Gasteiger partial charge in [0.1, 0.15) is 5.75 Å². The summed E-state index contributed by atoms with van der Waals surface area (Å²) in [5, 5.41) is 10.8. The molecule has 0 saturated heterocycles. The number of nitrogens with one attached hydrogen (secondary N) is 1. The number of carboxylic acids is 1. The van der Waals surface area contributed by atoms with Crippen LogP contribution in [0, 0.1) is 29.6 Å². The predicted octanol–water partition coefficient (Wildman–Crippen LogP) is 3.31. The van der Waals surface area contributed by atoms with Gasteiger partial charge in [0.05, 0.1) is 16.9 Å². The molecule has 2 fully saturated rings. The first-order valence-corrected chi connectivity index (χ1v) is 11.6. The third-order valence-electron chi connectivity index (χ3n) is 6.79. The number of esters is 1. The number of benzene rings is 1. The number of carbonyl (C=O) groups is 2. The van der Waals surface area contributed by atoms with Gasteiger partial charge in [0, 0.05) is 26.1 Å². The molecule has 2 N–H and O–H groups in total. The van der Waals surface area contributed by atoms with Crippen molar-refractivity contribution < 1.29 is 19.4 Å². The maximum absolute atomic E-state index is 13.0. The second-order valence-corrected chi connectivity index (χ2v) is 11.0. The molecule has 6 nitrogen and oxygen atoms in total. The fourth-order valence-electron chi connectivity index (χ4n) is 5.97. The van der Waals surface area contributed by atoms with E-state index in [1.54, 1.807) is 17.8 Å². The van der Waals surface area contributed by atoms with E-state index in [1.807, 2.05) is 12.1 Å². The smallest absolute Gasteiger partial charge is 0.315 e. The van der Waals surface area contributed by atoms with Crippen molar-refractivity contribution in [3.05, 3.63) is 42.8 Å². The number of halogens is 1. The molecule has 2 aromatic rings. The monoisotopic (exact) mass is 479 g/mol. The maximum Gasteiger partial charge on any atom is 0.315 e. The lowest BCUT2D eigenvalue weighted by Gasteiger charge is -2.45. The van der Waals surface area contributed by atoms with Crippen molar-refractivity contribution >= 4 is 51.0 Å². The number of aliphatic carboxylic acids is 1. The predicted molar refractivity (Wildman–Crippen MR) is 106 cm³/mol. The Hall–Kier alpha value is -1.58. The number of thioether (sulfide) groups is 1. The van der Waals surface area contributed by atoms with E-state index in [4.69, 9.17) is 4.74 Å². The number of H-pyrrole nitrogens is 1. The van der Waals surface area contributed by atoms with Crippen LogP contribution in [-0.4, -0.2) is 27.3 Å². The molecule has 0 radical (unpaired) electrons.